The van der Waals surface area contributed by atoms with Crippen LogP contribution in [0, 0.1) is 5.82 Å². The third kappa shape index (κ3) is 7.89. The van der Waals surface area contributed by atoms with Gasteiger partial charge in [-0.25, -0.2) is 12.8 Å². The maximum Gasteiger partial charge on any atom is 1.00 e. The van der Waals surface area contributed by atoms with E-state index < -0.39 is 40.4 Å². The fourth-order valence-electron chi connectivity index (χ4n) is 5.45. The van der Waals surface area contributed by atoms with Crippen LogP contribution in [0.5, 0.6) is 0 Å². The number of hydrogen-bond donors (Lipinski definition) is 3. The maximum absolute atomic E-state index is 14.4. The molecule has 3 N–H and O–H groups in total. The number of aliphatic hydroxyl groups is 2. The van der Waals surface area contributed by atoms with E-state index in [0.717, 1.165) is 0 Å². The van der Waals surface area contributed by atoms with E-state index in [0.29, 0.717) is 60.7 Å². The summed E-state index contributed by atoms with van der Waals surface area (Å²) in [4.78, 5) is 13.2. The third-order valence-electron chi connectivity index (χ3n) is 7.54. The van der Waals surface area contributed by atoms with Crippen molar-refractivity contribution in [1.82, 2.24) is 13.8 Å². The van der Waals surface area contributed by atoms with Gasteiger partial charge in [-0.3, -0.25) is 4.79 Å². The third-order valence-corrected chi connectivity index (χ3v) is 9.54. The number of carbonyl (C=O) groups is 1. The number of hydrogen-bond acceptors (Lipinski definition) is 6. The molecule has 0 amide bonds. The van der Waals surface area contributed by atoms with Gasteiger partial charge < -0.3 is 26.2 Å². The molecule has 2 atom stereocenters. The molecule has 42 heavy (non-hydrogen) atoms. The Morgan fingerprint density at radius 1 is 0.976 bits per heavy atom. The van der Waals surface area contributed by atoms with Crippen LogP contribution in [-0.2, 0) is 27.8 Å². The zero-order valence-electron chi connectivity index (χ0n) is 25.4. The topological polar surface area (TPSA) is 123 Å². The number of aliphatic hydroxyl groups excluding tert-OH is 2. The minimum absolute atomic E-state index is 0. The summed E-state index contributed by atoms with van der Waals surface area (Å²) in [5, 5.41) is 29.7. The van der Waals surface area contributed by atoms with Crippen molar-refractivity contribution in [1.29, 1.82) is 0 Å². The number of piperazine rings is 1. The molecule has 224 valence electrons. The predicted octanol–water partition coefficient (Wildman–Crippen LogP) is 0.553. The van der Waals surface area contributed by atoms with Gasteiger partial charge in [0.1, 0.15) is 10.7 Å². The molecule has 1 saturated heterocycles. The standard InChI is InChI=1S/C30H38FN3O6S.Na.H/c1-3-26-30(41(39,40)33-17-15-32(2)16-18-33)28(21-7-5-4-6-8-21)29(22-9-11-23(31)12-10-22)34(26)14-13-24(35)19-25(36)20-27(37)38;;/h4-12,24-25,35-36H,3,13-20H2,1-2H3,(H,37,38);;/q;+1;-1/t24-,25-;;/m1../s1. The van der Waals surface area contributed by atoms with Crippen molar-refractivity contribution < 1.29 is 63.9 Å². The molecule has 3 aromatic rings. The van der Waals surface area contributed by atoms with Crippen molar-refractivity contribution in [2.75, 3.05) is 33.2 Å². The van der Waals surface area contributed by atoms with Crippen LogP contribution in [0.4, 0.5) is 4.39 Å². The van der Waals surface area contributed by atoms with E-state index in [9.17, 15) is 27.8 Å². The van der Waals surface area contributed by atoms with Crippen molar-refractivity contribution in [3.8, 4) is 22.4 Å². The van der Waals surface area contributed by atoms with Crippen LogP contribution in [0.2, 0.25) is 0 Å². The van der Waals surface area contributed by atoms with Crippen molar-refractivity contribution in [3.63, 3.8) is 0 Å². The first-order valence-corrected chi connectivity index (χ1v) is 15.3. The van der Waals surface area contributed by atoms with Crippen LogP contribution >= 0.6 is 0 Å². The molecule has 0 unspecified atom stereocenters. The molecule has 9 nitrogen and oxygen atoms in total. The summed E-state index contributed by atoms with van der Waals surface area (Å²) in [6, 6.07) is 15.1. The summed E-state index contributed by atoms with van der Waals surface area (Å²) < 4.78 is 46.2. The molecule has 2 aromatic carbocycles. The normalized spacial score (nSPS) is 16.1. The van der Waals surface area contributed by atoms with Gasteiger partial charge >= 0.3 is 35.5 Å². The number of aromatic nitrogens is 1. The van der Waals surface area contributed by atoms with E-state index in [2.05, 4.69) is 4.90 Å². The maximum atomic E-state index is 14.4. The molecular weight excluding hydrogens is 572 g/mol. The second-order valence-electron chi connectivity index (χ2n) is 10.5. The molecule has 1 aliphatic heterocycles. The number of carboxylic acids is 1. The molecule has 4 rings (SSSR count). The predicted molar refractivity (Wildman–Crippen MR) is 156 cm³/mol. The summed E-state index contributed by atoms with van der Waals surface area (Å²) in [6.45, 7) is 4.01. The van der Waals surface area contributed by atoms with Gasteiger partial charge in [-0.05, 0) is 61.7 Å². The van der Waals surface area contributed by atoms with Crippen LogP contribution in [0.15, 0.2) is 59.5 Å². The first kappa shape index (κ1) is 34.4. The Morgan fingerprint density at radius 3 is 2.17 bits per heavy atom. The average Bonchev–Trinajstić information content (AvgIpc) is 3.27. The zero-order valence-corrected chi connectivity index (χ0v) is 27.2. The van der Waals surface area contributed by atoms with Gasteiger partial charge in [0.05, 0.1) is 24.3 Å². The minimum Gasteiger partial charge on any atom is -1.00 e. The molecule has 0 aliphatic carbocycles. The van der Waals surface area contributed by atoms with Crippen molar-refractivity contribution in [2.45, 2.75) is 56.3 Å². The largest absolute Gasteiger partial charge is 1.00 e. The molecule has 0 spiro atoms. The van der Waals surface area contributed by atoms with Crippen LogP contribution in [0.1, 0.15) is 33.3 Å². The first-order chi connectivity index (χ1) is 19.5. The van der Waals surface area contributed by atoms with E-state index in [-0.39, 0.29) is 55.3 Å². The Labute approximate surface area is 270 Å². The van der Waals surface area contributed by atoms with Gasteiger partial charge in [-0.15, -0.1) is 0 Å². The average molecular weight is 612 g/mol. The van der Waals surface area contributed by atoms with E-state index in [1.165, 1.54) is 16.4 Å². The summed E-state index contributed by atoms with van der Waals surface area (Å²) in [6.07, 6.45) is -2.31. The molecule has 1 aromatic heterocycles. The van der Waals surface area contributed by atoms with Crippen molar-refractivity contribution >= 4 is 16.0 Å². The molecule has 12 heteroatoms. The molecule has 1 fully saturated rings. The molecular formula is C30H39FN3NaO6S. The first-order valence-electron chi connectivity index (χ1n) is 13.9. The van der Waals surface area contributed by atoms with Crippen LogP contribution in [0.3, 0.4) is 0 Å². The summed E-state index contributed by atoms with van der Waals surface area (Å²) >= 11 is 0. The van der Waals surface area contributed by atoms with Crippen molar-refractivity contribution in [3.05, 3.63) is 66.1 Å². The van der Waals surface area contributed by atoms with Gasteiger partial charge in [0.15, 0.2) is 0 Å². The second kappa shape index (κ2) is 15.1. The molecule has 1 aliphatic rings. The number of rotatable bonds is 12. The van der Waals surface area contributed by atoms with E-state index >= 15 is 0 Å². The van der Waals surface area contributed by atoms with E-state index in [4.69, 9.17) is 5.11 Å². The van der Waals surface area contributed by atoms with Crippen molar-refractivity contribution in [2.24, 2.45) is 0 Å². The van der Waals surface area contributed by atoms with Crippen LogP contribution in [0.25, 0.3) is 22.4 Å². The Kier molecular flexibility index (Phi) is 12.3. The SMILES string of the molecule is CCc1c(S(=O)(=O)N2CCN(C)CC2)c(-c2ccccc2)c(-c2ccc(F)cc2)n1CC[C@@H](O)C[C@@H](O)CC(=O)O.[H-].[Na+]. The number of nitrogens with zero attached hydrogens (tertiary/aromatic N) is 3. The smallest absolute Gasteiger partial charge is 1.00 e. The monoisotopic (exact) mass is 611 g/mol. The number of halogens is 1. The van der Waals surface area contributed by atoms with Gasteiger partial charge in [0.25, 0.3) is 0 Å². The Morgan fingerprint density at radius 2 is 1.60 bits per heavy atom. The van der Waals surface area contributed by atoms with Crippen LogP contribution in [-0.4, -0.2) is 88.9 Å². The number of sulfonamides is 1. The molecule has 2 heterocycles. The Bertz CT molecular complexity index is 1450. The summed E-state index contributed by atoms with van der Waals surface area (Å²) in [5.74, 6) is -1.58. The quantitative estimate of drug-likeness (QED) is 0.256. The second-order valence-corrected chi connectivity index (χ2v) is 12.4. The number of carboxylic acid groups (broad SMARTS) is 1. The zero-order chi connectivity index (χ0) is 29.7. The molecule has 0 saturated carbocycles. The van der Waals surface area contributed by atoms with Gasteiger partial charge in [0.2, 0.25) is 10.0 Å². The summed E-state index contributed by atoms with van der Waals surface area (Å²) in [5.41, 5.74) is 3.01. The number of benzene rings is 2. The fourth-order valence-corrected chi connectivity index (χ4v) is 7.38. The minimum atomic E-state index is -3.95. The Hall–Kier alpha value is -2.09. The number of likely N-dealkylation sites (N-methyl/N-ethyl adjacent to an activating group) is 1. The Balaban J connectivity index is 0.00000323. The fraction of sp³-hybridized carbons (Fsp3) is 0.433. The van der Waals surface area contributed by atoms with Crippen LogP contribution < -0.4 is 29.6 Å². The van der Waals surface area contributed by atoms with E-state index in [1.807, 2.05) is 48.9 Å². The van der Waals surface area contributed by atoms with Gasteiger partial charge in [-0.2, -0.15) is 4.31 Å². The summed E-state index contributed by atoms with van der Waals surface area (Å²) in [7, 11) is -1.99. The molecule has 0 bridgehead atoms. The van der Waals surface area contributed by atoms with E-state index in [1.54, 1.807) is 12.1 Å². The van der Waals surface area contributed by atoms with Gasteiger partial charge in [0, 0.05) is 44.0 Å². The van der Waals surface area contributed by atoms with Gasteiger partial charge in [-0.1, -0.05) is 37.3 Å². The molecule has 0 radical (unpaired) electrons. The number of aliphatic carboxylic acids is 1.